The zero-order valence-corrected chi connectivity index (χ0v) is 12.8. The molecule has 2 N–H and O–H groups in total. The van der Waals surface area contributed by atoms with Crippen LogP contribution in [0.2, 0.25) is 0 Å². The van der Waals surface area contributed by atoms with Crippen LogP contribution in [0.25, 0.3) is 0 Å². The van der Waals surface area contributed by atoms with E-state index >= 15 is 0 Å². The predicted molar refractivity (Wildman–Crippen MR) is 75.8 cm³/mol. The normalized spacial score (nSPS) is 22.7. The van der Waals surface area contributed by atoms with E-state index < -0.39 is 23.9 Å². The summed E-state index contributed by atoms with van der Waals surface area (Å²) >= 11 is 1.33. The molecule has 0 unspecified atom stereocenters. The van der Waals surface area contributed by atoms with E-state index in [1.807, 2.05) is 0 Å². The second-order valence-electron chi connectivity index (χ2n) is 4.95. The van der Waals surface area contributed by atoms with Crippen LogP contribution in [0.4, 0.5) is 0 Å². The topological polar surface area (TPSA) is 110 Å². The number of methoxy groups -OCH3 is 1. The van der Waals surface area contributed by atoms with Crippen molar-refractivity contribution in [1.82, 2.24) is 5.32 Å². The average molecular weight is 317 g/mol. The minimum Gasteiger partial charge on any atom is -0.481 e. The van der Waals surface area contributed by atoms with Crippen LogP contribution >= 0.6 is 11.8 Å². The fourth-order valence-electron chi connectivity index (χ4n) is 2.20. The quantitative estimate of drug-likeness (QED) is 0.640. The third kappa shape index (κ3) is 5.37. The van der Waals surface area contributed by atoms with Crippen LogP contribution in [0.15, 0.2) is 0 Å². The molecule has 0 aromatic rings. The van der Waals surface area contributed by atoms with Gasteiger partial charge in [0.2, 0.25) is 5.91 Å². The molecular formula is C13H19NO6S. The van der Waals surface area contributed by atoms with Crippen molar-refractivity contribution < 1.29 is 29.0 Å². The Bertz CT molecular complexity index is 438. The standard InChI is InChI=1S/C13H19NO6S/c1-7(15)14-10(13(19)20-2)6-21-5-9-3-8(12(17)18)4-11(9)16/h8-10H,3-6H2,1-2H3,(H,14,15)(H,17,18)/t8-,9+,10+/m1/s1. The number of amides is 1. The first-order valence-corrected chi connectivity index (χ1v) is 7.68. The summed E-state index contributed by atoms with van der Waals surface area (Å²) in [5.74, 6) is -2.05. The van der Waals surface area contributed by atoms with Crippen LogP contribution in [0.3, 0.4) is 0 Å². The molecule has 1 aliphatic rings. The SMILES string of the molecule is COC(=O)[C@H](CSC[C@@H]1C[C@@H](C(=O)O)CC1=O)NC(C)=O. The number of ketones is 1. The summed E-state index contributed by atoms with van der Waals surface area (Å²) in [6, 6.07) is -0.760. The highest BCUT2D eigenvalue weighted by molar-refractivity contribution is 7.99. The molecule has 0 spiro atoms. The van der Waals surface area contributed by atoms with Gasteiger partial charge in [0.1, 0.15) is 11.8 Å². The first-order valence-electron chi connectivity index (χ1n) is 6.53. The van der Waals surface area contributed by atoms with Crippen molar-refractivity contribution in [2.24, 2.45) is 11.8 Å². The lowest BCUT2D eigenvalue weighted by Crippen LogP contribution is -2.42. The number of hydrogen-bond donors (Lipinski definition) is 2. The molecule has 0 heterocycles. The van der Waals surface area contributed by atoms with E-state index in [1.165, 1.54) is 25.8 Å². The number of esters is 1. The molecule has 0 radical (unpaired) electrons. The summed E-state index contributed by atoms with van der Waals surface area (Å²) in [6.07, 6.45) is 0.414. The zero-order valence-electron chi connectivity index (χ0n) is 12.0. The molecular weight excluding hydrogens is 298 g/mol. The Morgan fingerprint density at radius 1 is 1.48 bits per heavy atom. The van der Waals surface area contributed by atoms with Crippen LogP contribution in [0, 0.1) is 11.8 Å². The summed E-state index contributed by atoms with van der Waals surface area (Å²) in [6.45, 7) is 1.30. The van der Waals surface area contributed by atoms with E-state index in [1.54, 1.807) is 0 Å². The lowest BCUT2D eigenvalue weighted by Gasteiger charge is -2.16. The number of nitrogens with one attached hydrogen (secondary N) is 1. The van der Waals surface area contributed by atoms with Crippen molar-refractivity contribution in [3.63, 3.8) is 0 Å². The highest BCUT2D eigenvalue weighted by atomic mass is 32.2. The Labute approximate surface area is 126 Å². The van der Waals surface area contributed by atoms with Crippen LogP contribution in [0.5, 0.6) is 0 Å². The number of rotatable bonds is 7. The molecule has 3 atom stereocenters. The van der Waals surface area contributed by atoms with Crippen molar-refractivity contribution >= 4 is 35.4 Å². The fraction of sp³-hybridized carbons (Fsp3) is 0.692. The molecule has 1 aliphatic carbocycles. The average Bonchev–Trinajstić information content (AvgIpc) is 2.78. The van der Waals surface area contributed by atoms with E-state index in [0.717, 1.165) is 0 Å². The Morgan fingerprint density at radius 3 is 2.62 bits per heavy atom. The number of thioether (sulfide) groups is 1. The van der Waals surface area contributed by atoms with Crippen molar-refractivity contribution in [1.29, 1.82) is 0 Å². The second kappa shape index (κ2) is 8.02. The number of carboxylic acid groups (broad SMARTS) is 1. The van der Waals surface area contributed by atoms with Crippen molar-refractivity contribution in [2.75, 3.05) is 18.6 Å². The van der Waals surface area contributed by atoms with Gasteiger partial charge in [-0.05, 0) is 6.42 Å². The van der Waals surface area contributed by atoms with Gasteiger partial charge in [-0.25, -0.2) is 4.79 Å². The number of ether oxygens (including phenoxy) is 1. The van der Waals surface area contributed by atoms with Crippen LogP contribution in [-0.4, -0.2) is 53.4 Å². The summed E-state index contributed by atoms with van der Waals surface area (Å²) in [4.78, 5) is 45.1. The molecule has 1 saturated carbocycles. The van der Waals surface area contributed by atoms with Crippen molar-refractivity contribution in [3.8, 4) is 0 Å². The second-order valence-corrected chi connectivity index (χ2v) is 6.03. The molecule has 0 aromatic heterocycles. The third-order valence-corrected chi connectivity index (χ3v) is 4.50. The number of carbonyl (C=O) groups excluding carboxylic acids is 3. The first-order chi connectivity index (χ1) is 9.85. The van der Waals surface area contributed by atoms with E-state index in [-0.39, 0.29) is 29.8 Å². The number of Topliss-reactive ketones (excluding diaryl/α,β-unsaturated/α-hetero) is 1. The monoisotopic (exact) mass is 317 g/mol. The Hall–Kier alpha value is -1.57. The van der Waals surface area contributed by atoms with Crippen LogP contribution in [0.1, 0.15) is 19.8 Å². The van der Waals surface area contributed by atoms with Crippen LogP contribution in [-0.2, 0) is 23.9 Å². The molecule has 21 heavy (non-hydrogen) atoms. The van der Waals surface area contributed by atoms with Gasteiger partial charge in [0.05, 0.1) is 13.0 Å². The van der Waals surface area contributed by atoms with Crippen LogP contribution < -0.4 is 5.32 Å². The van der Waals surface area contributed by atoms with Crippen molar-refractivity contribution in [3.05, 3.63) is 0 Å². The largest absolute Gasteiger partial charge is 0.481 e. The fourth-order valence-corrected chi connectivity index (χ4v) is 3.40. The molecule has 8 heteroatoms. The van der Waals surface area contributed by atoms with Gasteiger partial charge in [0, 0.05) is 30.8 Å². The minimum atomic E-state index is -0.943. The number of carboxylic acids is 1. The predicted octanol–water partition coefficient (Wildman–Crippen LogP) is 0.0772. The van der Waals surface area contributed by atoms with Gasteiger partial charge in [-0.1, -0.05) is 0 Å². The molecule has 0 aliphatic heterocycles. The maximum atomic E-state index is 11.7. The molecule has 1 amide bonds. The lowest BCUT2D eigenvalue weighted by molar-refractivity contribution is -0.144. The van der Waals surface area contributed by atoms with Gasteiger partial charge < -0.3 is 15.2 Å². The summed E-state index contributed by atoms with van der Waals surface area (Å²) in [5, 5.41) is 11.4. The summed E-state index contributed by atoms with van der Waals surface area (Å²) in [7, 11) is 1.24. The van der Waals surface area contributed by atoms with Gasteiger partial charge in [-0.3, -0.25) is 14.4 Å². The van der Waals surface area contributed by atoms with Gasteiger partial charge in [0.25, 0.3) is 0 Å². The minimum absolute atomic E-state index is 0.0518. The lowest BCUT2D eigenvalue weighted by atomic mass is 10.1. The molecule has 118 valence electrons. The van der Waals surface area contributed by atoms with E-state index in [2.05, 4.69) is 10.1 Å². The Kier molecular flexibility index (Phi) is 6.67. The molecule has 0 saturated heterocycles. The maximum Gasteiger partial charge on any atom is 0.329 e. The van der Waals surface area contributed by atoms with E-state index in [0.29, 0.717) is 12.2 Å². The molecule has 0 bridgehead atoms. The number of hydrogen-bond acceptors (Lipinski definition) is 6. The van der Waals surface area contributed by atoms with E-state index in [9.17, 15) is 19.2 Å². The van der Waals surface area contributed by atoms with E-state index in [4.69, 9.17) is 5.11 Å². The summed E-state index contributed by atoms with van der Waals surface area (Å²) < 4.78 is 4.59. The molecule has 1 rings (SSSR count). The maximum absolute atomic E-state index is 11.7. The molecule has 1 fully saturated rings. The van der Waals surface area contributed by atoms with Gasteiger partial charge in [-0.2, -0.15) is 11.8 Å². The Balaban J connectivity index is 2.43. The Morgan fingerprint density at radius 2 is 2.14 bits per heavy atom. The zero-order chi connectivity index (χ0) is 16.0. The first kappa shape index (κ1) is 17.5. The van der Waals surface area contributed by atoms with Crippen molar-refractivity contribution in [2.45, 2.75) is 25.8 Å². The molecule has 7 nitrogen and oxygen atoms in total. The van der Waals surface area contributed by atoms with Gasteiger partial charge in [0.15, 0.2) is 0 Å². The van der Waals surface area contributed by atoms with Gasteiger partial charge >= 0.3 is 11.9 Å². The third-order valence-electron chi connectivity index (χ3n) is 3.29. The van der Waals surface area contributed by atoms with Gasteiger partial charge in [-0.15, -0.1) is 0 Å². The number of aliphatic carboxylic acids is 1. The highest BCUT2D eigenvalue weighted by Crippen LogP contribution is 2.30. The smallest absolute Gasteiger partial charge is 0.329 e. The summed E-state index contributed by atoms with van der Waals surface area (Å²) in [5.41, 5.74) is 0. The highest BCUT2D eigenvalue weighted by Gasteiger charge is 2.36. The number of carbonyl (C=O) groups is 4. The molecule has 0 aromatic carbocycles.